The van der Waals surface area contributed by atoms with E-state index < -0.39 is 5.54 Å². The van der Waals surface area contributed by atoms with E-state index in [-0.39, 0.29) is 17.7 Å². The van der Waals surface area contributed by atoms with Crippen LogP contribution in [0.1, 0.15) is 45.6 Å². The fraction of sp³-hybridized carbons (Fsp3) is 0.692. The maximum atomic E-state index is 12.1. The zero-order valence-electron chi connectivity index (χ0n) is 12.3. The number of nitrogens with one attached hydrogen (secondary N) is 1. The molecule has 7 nitrogen and oxygen atoms in total. The molecule has 0 radical (unpaired) electrons. The van der Waals surface area contributed by atoms with Gasteiger partial charge in [0.25, 0.3) is 0 Å². The van der Waals surface area contributed by atoms with Gasteiger partial charge in [0.1, 0.15) is 5.54 Å². The minimum absolute atomic E-state index is 0.130. The van der Waals surface area contributed by atoms with E-state index in [0.29, 0.717) is 11.1 Å². The van der Waals surface area contributed by atoms with E-state index in [4.69, 9.17) is 5.73 Å². The quantitative estimate of drug-likeness (QED) is 0.797. The summed E-state index contributed by atoms with van der Waals surface area (Å²) in [6.45, 7) is 3.96. The number of nitrogen functional groups attached to an aromatic ring is 1. The average molecular weight is 308 g/mol. The Kier molecular flexibility index (Phi) is 4.73. The molecule has 114 valence electrons. The van der Waals surface area contributed by atoms with Crippen molar-refractivity contribution in [3.05, 3.63) is 0 Å². The van der Waals surface area contributed by atoms with Crippen molar-refractivity contribution in [3.63, 3.8) is 0 Å². The molecule has 1 fully saturated rings. The van der Waals surface area contributed by atoms with Crippen LogP contribution in [0.3, 0.4) is 0 Å². The lowest BCUT2D eigenvalue weighted by Crippen LogP contribution is -2.45. The van der Waals surface area contributed by atoms with Crippen molar-refractivity contribution in [1.82, 2.24) is 20.1 Å². The number of hydrogen-bond donors (Lipinski definition) is 2. The Balaban J connectivity index is 1.94. The largest absolute Gasteiger partial charge is 0.368 e. The topological polar surface area (TPSA) is 110 Å². The monoisotopic (exact) mass is 308 g/mol. The number of thioether (sulfide) groups is 1. The van der Waals surface area contributed by atoms with Crippen LogP contribution < -0.4 is 11.1 Å². The molecule has 21 heavy (non-hydrogen) atoms. The molecule has 1 aromatic heterocycles. The third kappa shape index (κ3) is 3.47. The summed E-state index contributed by atoms with van der Waals surface area (Å²) in [5, 5.41) is 20.6. The predicted octanol–water partition coefficient (Wildman–Crippen LogP) is 1.49. The zero-order chi connectivity index (χ0) is 15.5. The zero-order valence-corrected chi connectivity index (χ0v) is 13.1. The number of nitrogens with two attached hydrogens (primary N) is 1. The van der Waals surface area contributed by atoms with Crippen LogP contribution in [-0.4, -0.2) is 32.0 Å². The number of nitriles is 1. The molecule has 0 unspecified atom stereocenters. The lowest BCUT2D eigenvalue weighted by atomic mass is 10.0. The first-order chi connectivity index (χ1) is 9.97. The molecule has 0 aliphatic heterocycles. The molecular formula is C13H20N6OS. The highest BCUT2D eigenvalue weighted by Crippen LogP contribution is 2.29. The molecule has 8 heteroatoms. The summed E-state index contributed by atoms with van der Waals surface area (Å²) in [5.74, 6) is 0.395. The molecule has 1 aliphatic rings. The minimum atomic E-state index is -0.678. The maximum absolute atomic E-state index is 12.1. The second kappa shape index (κ2) is 6.35. The number of anilines is 1. The number of carbonyl (C=O) groups excluding carboxylic acids is 1. The average Bonchev–Trinajstić information content (AvgIpc) is 3.04. The number of hydrogen-bond acceptors (Lipinski definition) is 6. The summed E-state index contributed by atoms with van der Waals surface area (Å²) in [7, 11) is 0. The summed E-state index contributed by atoms with van der Waals surface area (Å²) in [6.07, 6.45) is 3.43. The summed E-state index contributed by atoms with van der Waals surface area (Å²) < 4.78 is 1.79. The molecule has 0 spiro atoms. The molecule has 0 saturated heterocycles. The van der Waals surface area contributed by atoms with Gasteiger partial charge in [-0.1, -0.05) is 11.8 Å². The van der Waals surface area contributed by atoms with Crippen molar-refractivity contribution in [2.45, 2.75) is 56.3 Å². The Bertz CT molecular complexity index is 555. The Hall–Kier alpha value is -1.75. The van der Waals surface area contributed by atoms with E-state index >= 15 is 0 Å². The highest BCUT2D eigenvalue weighted by molar-refractivity contribution is 7.99. The van der Waals surface area contributed by atoms with Crippen LogP contribution in [0.15, 0.2) is 5.16 Å². The molecule has 0 atom stereocenters. The summed E-state index contributed by atoms with van der Waals surface area (Å²) in [4.78, 5) is 12.1. The van der Waals surface area contributed by atoms with Gasteiger partial charge in [-0.2, -0.15) is 5.26 Å². The van der Waals surface area contributed by atoms with Crippen molar-refractivity contribution in [3.8, 4) is 6.07 Å². The van der Waals surface area contributed by atoms with Crippen molar-refractivity contribution in [1.29, 1.82) is 5.26 Å². The molecule has 1 aliphatic carbocycles. The Morgan fingerprint density at radius 1 is 1.52 bits per heavy atom. The normalized spacial score (nSPS) is 16.9. The van der Waals surface area contributed by atoms with E-state index in [9.17, 15) is 10.1 Å². The first-order valence-electron chi connectivity index (χ1n) is 7.03. The third-order valence-corrected chi connectivity index (χ3v) is 4.53. The van der Waals surface area contributed by atoms with Gasteiger partial charge in [-0.3, -0.25) is 9.36 Å². The second-order valence-corrected chi connectivity index (χ2v) is 6.48. The summed E-state index contributed by atoms with van der Waals surface area (Å²) in [6, 6.07) is 2.38. The van der Waals surface area contributed by atoms with Gasteiger partial charge in [0.2, 0.25) is 11.9 Å². The van der Waals surface area contributed by atoms with Crippen molar-refractivity contribution >= 4 is 23.6 Å². The van der Waals surface area contributed by atoms with Crippen molar-refractivity contribution < 1.29 is 4.79 Å². The molecule has 0 aromatic carbocycles. The smallest absolute Gasteiger partial charge is 0.231 e. The van der Waals surface area contributed by atoms with Gasteiger partial charge in [0.15, 0.2) is 5.16 Å². The Morgan fingerprint density at radius 3 is 2.76 bits per heavy atom. The maximum Gasteiger partial charge on any atom is 0.231 e. The van der Waals surface area contributed by atoms with E-state index in [2.05, 4.69) is 21.6 Å². The highest BCUT2D eigenvalue weighted by atomic mass is 32.2. The van der Waals surface area contributed by atoms with Gasteiger partial charge in [-0.15, -0.1) is 10.2 Å². The lowest BCUT2D eigenvalue weighted by Gasteiger charge is -2.21. The van der Waals surface area contributed by atoms with Gasteiger partial charge >= 0.3 is 0 Å². The first kappa shape index (κ1) is 15.6. The Morgan fingerprint density at radius 2 is 2.19 bits per heavy atom. The van der Waals surface area contributed by atoms with E-state index in [0.717, 1.165) is 25.7 Å². The van der Waals surface area contributed by atoms with Crippen molar-refractivity contribution in [2.24, 2.45) is 0 Å². The van der Waals surface area contributed by atoms with E-state index in [1.165, 1.54) is 11.8 Å². The van der Waals surface area contributed by atoms with Crippen LogP contribution in [0.2, 0.25) is 0 Å². The minimum Gasteiger partial charge on any atom is -0.368 e. The summed E-state index contributed by atoms with van der Waals surface area (Å²) in [5.41, 5.74) is 5.08. The van der Waals surface area contributed by atoms with Gasteiger partial charge in [0.05, 0.1) is 11.8 Å². The SMILES string of the molecule is CC(C)n1c(N)nnc1SCC(=O)NC1(C#N)CCCC1. The molecule has 1 amide bonds. The van der Waals surface area contributed by atoms with Crippen LogP contribution in [0, 0.1) is 11.3 Å². The molecule has 0 bridgehead atoms. The van der Waals surface area contributed by atoms with Crippen LogP contribution in [0.5, 0.6) is 0 Å². The van der Waals surface area contributed by atoms with Crippen LogP contribution in [0.25, 0.3) is 0 Å². The molecule has 1 saturated carbocycles. The fourth-order valence-corrected chi connectivity index (χ4v) is 3.42. The van der Waals surface area contributed by atoms with E-state index in [1.807, 2.05) is 13.8 Å². The third-order valence-electron chi connectivity index (χ3n) is 3.59. The predicted molar refractivity (Wildman–Crippen MR) is 80.5 cm³/mol. The number of carbonyl (C=O) groups is 1. The Labute approximate surface area is 128 Å². The first-order valence-corrected chi connectivity index (χ1v) is 8.01. The molecule has 1 heterocycles. The number of nitrogens with zero attached hydrogens (tertiary/aromatic N) is 4. The molecule has 2 rings (SSSR count). The van der Waals surface area contributed by atoms with Crippen LogP contribution in [0.4, 0.5) is 5.95 Å². The molecular weight excluding hydrogens is 288 g/mol. The number of amides is 1. The fourth-order valence-electron chi connectivity index (χ4n) is 2.55. The number of rotatable bonds is 5. The highest BCUT2D eigenvalue weighted by Gasteiger charge is 2.35. The molecule has 1 aromatic rings. The lowest BCUT2D eigenvalue weighted by molar-refractivity contribution is -0.119. The van der Waals surface area contributed by atoms with Gasteiger partial charge in [-0.05, 0) is 39.5 Å². The van der Waals surface area contributed by atoms with Gasteiger partial charge < -0.3 is 11.1 Å². The summed E-state index contributed by atoms with van der Waals surface area (Å²) >= 11 is 1.28. The second-order valence-electron chi connectivity index (χ2n) is 5.54. The standard InChI is InChI=1S/C13H20N6OS/c1-9(2)19-11(15)17-18-12(19)21-7-10(20)16-13(8-14)5-3-4-6-13/h9H,3-7H2,1-2H3,(H2,15,17)(H,16,20). The van der Waals surface area contributed by atoms with Gasteiger partial charge in [-0.25, -0.2) is 0 Å². The molecule has 3 N–H and O–H groups in total. The van der Waals surface area contributed by atoms with E-state index in [1.54, 1.807) is 4.57 Å². The van der Waals surface area contributed by atoms with Crippen molar-refractivity contribution in [2.75, 3.05) is 11.5 Å². The number of aromatic nitrogens is 3. The van der Waals surface area contributed by atoms with Gasteiger partial charge in [0, 0.05) is 6.04 Å². The van der Waals surface area contributed by atoms with Crippen LogP contribution >= 0.6 is 11.8 Å². The van der Waals surface area contributed by atoms with Crippen LogP contribution in [-0.2, 0) is 4.79 Å².